The fraction of sp³-hybridized carbons (Fsp3) is 0.261. The number of carbonyl (C=O) groups excluding carboxylic acids is 2. The predicted octanol–water partition coefficient (Wildman–Crippen LogP) is 2.00. The molecule has 9 heteroatoms. The van der Waals surface area contributed by atoms with Crippen LogP contribution in [0.5, 0.6) is 17.2 Å². The van der Waals surface area contributed by atoms with E-state index in [2.05, 4.69) is 10.6 Å². The lowest BCUT2D eigenvalue weighted by atomic mass is 9.87. The van der Waals surface area contributed by atoms with E-state index in [-0.39, 0.29) is 35.9 Å². The predicted molar refractivity (Wildman–Crippen MR) is 115 cm³/mol. The molecule has 2 aromatic carbocycles. The zero-order valence-corrected chi connectivity index (χ0v) is 17.5. The highest BCUT2D eigenvalue weighted by Crippen LogP contribution is 2.42. The summed E-state index contributed by atoms with van der Waals surface area (Å²) in [6.07, 6.45) is 1.09. The molecule has 0 aliphatic carbocycles. The zero-order valence-electron chi connectivity index (χ0n) is 17.5. The van der Waals surface area contributed by atoms with Crippen molar-refractivity contribution < 1.29 is 28.6 Å². The van der Waals surface area contributed by atoms with E-state index in [9.17, 15) is 19.5 Å². The fourth-order valence-corrected chi connectivity index (χ4v) is 3.71. The van der Waals surface area contributed by atoms with Crippen molar-refractivity contribution in [2.45, 2.75) is 25.3 Å². The lowest BCUT2D eigenvalue weighted by molar-refractivity contribution is -0.128. The largest absolute Gasteiger partial charge is 0.508 e. The van der Waals surface area contributed by atoms with E-state index >= 15 is 0 Å². The Morgan fingerprint density at radius 3 is 2.59 bits per heavy atom. The van der Waals surface area contributed by atoms with Crippen LogP contribution in [0.1, 0.15) is 30.4 Å². The number of ether oxygens (including phenoxy) is 2. The van der Waals surface area contributed by atoms with Gasteiger partial charge in [-0.15, -0.1) is 0 Å². The Bertz CT molecular complexity index is 1250. The molecule has 1 aliphatic rings. The van der Waals surface area contributed by atoms with Gasteiger partial charge in [-0.3, -0.25) is 14.4 Å². The number of carbonyl (C=O) groups is 2. The molecular weight excluding hydrogens is 416 g/mol. The molecule has 0 saturated heterocycles. The van der Waals surface area contributed by atoms with Crippen LogP contribution in [-0.2, 0) is 9.59 Å². The molecule has 2 heterocycles. The number of para-hydroxylation sites is 1. The van der Waals surface area contributed by atoms with Crippen LogP contribution >= 0.6 is 0 Å². The first-order valence-electron chi connectivity index (χ1n) is 10.0. The molecular formula is C23H22N2O7. The second-order valence-electron chi connectivity index (χ2n) is 7.44. The van der Waals surface area contributed by atoms with Crippen LogP contribution < -0.4 is 25.5 Å². The van der Waals surface area contributed by atoms with E-state index < -0.39 is 17.9 Å². The molecule has 0 radical (unpaired) electrons. The number of fused-ring (bicyclic) bond motifs is 2. The maximum atomic E-state index is 13.3. The summed E-state index contributed by atoms with van der Waals surface area (Å²) in [7, 11) is 1.47. The summed E-state index contributed by atoms with van der Waals surface area (Å²) in [5.41, 5.74) is 0.592. The molecule has 2 amide bonds. The van der Waals surface area contributed by atoms with Crippen LogP contribution in [0, 0.1) is 0 Å². The van der Waals surface area contributed by atoms with Crippen LogP contribution in [0.15, 0.2) is 51.9 Å². The van der Waals surface area contributed by atoms with Crippen LogP contribution in [0.3, 0.4) is 0 Å². The third-order valence-electron chi connectivity index (χ3n) is 5.39. The summed E-state index contributed by atoms with van der Waals surface area (Å²) in [5, 5.41) is 16.1. The number of amides is 2. The number of likely N-dealkylation sites (N-methyl/N-ethyl adjacent to an activating group) is 1. The average molecular weight is 438 g/mol. The number of benzene rings is 2. The van der Waals surface area contributed by atoms with Crippen molar-refractivity contribution in [2.24, 2.45) is 0 Å². The van der Waals surface area contributed by atoms with Gasteiger partial charge in [0.2, 0.25) is 18.6 Å². The minimum absolute atomic E-state index is 0.00510. The minimum Gasteiger partial charge on any atom is -0.508 e. The first-order valence-corrected chi connectivity index (χ1v) is 10.0. The SMILES string of the molecule is CNC(=O)[C@@H](C)NC(=O)C[C@H](c1cc2c(cc1O)OCO2)c1coc2ccccc2c1=O. The maximum Gasteiger partial charge on any atom is 0.242 e. The second-order valence-corrected chi connectivity index (χ2v) is 7.44. The van der Waals surface area contributed by atoms with Gasteiger partial charge in [0.1, 0.15) is 17.4 Å². The van der Waals surface area contributed by atoms with Crippen molar-refractivity contribution in [1.29, 1.82) is 0 Å². The van der Waals surface area contributed by atoms with Crippen molar-refractivity contribution >= 4 is 22.8 Å². The van der Waals surface area contributed by atoms with Crippen molar-refractivity contribution in [1.82, 2.24) is 10.6 Å². The van der Waals surface area contributed by atoms with Gasteiger partial charge in [-0.1, -0.05) is 12.1 Å². The molecule has 3 aromatic rings. The molecule has 1 aromatic heterocycles. The van der Waals surface area contributed by atoms with Gasteiger partial charge >= 0.3 is 0 Å². The smallest absolute Gasteiger partial charge is 0.242 e. The van der Waals surface area contributed by atoms with Gasteiger partial charge in [0, 0.05) is 36.6 Å². The number of phenolic OH excluding ortho intramolecular Hbond substituents is 1. The molecule has 0 spiro atoms. The van der Waals surface area contributed by atoms with Gasteiger partial charge in [-0.25, -0.2) is 0 Å². The highest BCUT2D eigenvalue weighted by atomic mass is 16.7. The maximum absolute atomic E-state index is 13.3. The molecule has 0 fully saturated rings. The average Bonchev–Trinajstić information content (AvgIpc) is 3.24. The summed E-state index contributed by atoms with van der Waals surface area (Å²) in [6, 6.07) is 8.94. The van der Waals surface area contributed by atoms with E-state index in [1.807, 2.05) is 0 Å². The summed E-state index contributed by atoms with van der Waals surface area (Å²) >= 11 is 0. The van der Waals surface area contributed by atoms with Gasteiger partial charge in [-0.05, 0) is 25.1 Å². The Labute approximate surface area is 182 Å². The van der Waals surface area contributed by atoms with Gasteiger partial charge in [0.15, 0.2) is 16.9 Å². The summed E-state index contributed by atoms with van der Waals surface area (Å²) in [4.78, 5) is 37.8. The Balaban J connectivity index is 1.78. The highest BCUT2D eigenvalue weighted by molar-refractivity contribution is 5.87. The first-order chi connectivity index (χ1) is 15.4. The number of rotatable bonds is 6. The highest BCUT2D eigenvalue weighted by Gasteiger charge is 2.29. The molecule has 0 unspecified atom stereocenters. The minimum atomic E-state index is -0.859. The van der Waals surface area contributed by atoms with Crippen molar-refractivity contribution in [3.63, 3.8) is 0 Å². The van der Waals surface area contributed by atoms with Crippen LogP contribution in [0.4, 0.5) is 0 Å². The number of nitrogens with one attached hydrogen (secondary N) is 2. The third-order valence-corrected chi connectivity index (χ3v) is 5.39. The van der Waals surface area contributed by atoms with Crippen LogP contribution in [0.25, 0.3) is 11.0 Å². The van der Waals surface area contributed by atoms with E-state index in [0.29, 0.717) is 28.0 Å². The first kappa shape index (κ1) is 21.2. The topological polar surface area (TPSA) is 127 Å². The Morgan fingerprint density at radius 2 is 1.84 bits per heavy atom. The molecule has 0 bridgehead atoms. The number of aromatic hydroxyl groups is 1. The monoisotopic (exact) mass is 438 g/mol. The lowest BCUT2D eigenvalue weighted by Crippen LogP contribution is -2.44. The molecule has 1 aliphatic heterocycles. The van der Waals surface area contributed by atoms with Crippen molar-refractivity contribution in [3.8, 4) is 17.2 Å². The normalized spacial score (nSPS) is 14.1. The van der Waals surface area contributed by atoms with Crippen LogP contribution in [-0.4, -0.2) is 36.8 Å². The van der Waals surface area contributed by atoms with E-state index in [1.54, 1.807) is 37.3 Å². The molecule has 0 saturated carbocycles. The third kappa shape index (κ3) is 3.96. The lowest BCUT2D eigenvalue weighted by Gasteiger charge is -2.20. The summed E-state index contributed by atoms with van der Waals surface area (Å²) in [5.74, 6) is -1.08. The van der Waals surface area contributed by atoms with E-state index in [4.69, 9.17) is 13.9 Å². The van der Waals surface area contributed by atoms with Gasteiger partial charge in [-0.2, -0.15) is 0 Å². The number of hydrogen-bond acceptors (Lipinski definition) is 7. The van der Waals surface area contributed by atoms with Crippen molar-refractivity contribution in [2.75, 3.05) is 13.8 Å². The van der Waals surface area contributed by atoms with Gasteiger partial charge in [0.25, 0.3) is 0 Å². The molecule has 166 valence electrons. The standard InChI is InChI=1S/C23H22N2O7/c1-12(23(29)24-2)25-21(27)8-14(15-7-19-20(9-17(15)26)32-11-31-19)16-10-30-18-6-4-3-5-13(18)22(16)28/h3-7,9-10,12,14,26H,8,11H2,1-2H3,(H,24,29)(H,25,27)/t12-,14-/m1/s1. The number of hydrogen-bond donors (Lipinski definition) is 3. The fourth-order valence-electron chi connectivity index (χ4n) is 3.71. The zero-order chi connectivity index (χ0) is 22.8. The molecule has 32 heavy (non-hydrogen) atoms. The molecule has 9 nitrogen and oxygen atoms in total. The van der Waals surface area contributed by atoms with Gasteiger partial charge in [0.05, 0.1) is 11.6 Å². The second kappa shape index (κ2) is 8.62. The Kier molecular flexibility index (Phi) is 5.72. The Morgan fingerprint density at radius 1 is 1.12 bits per heavy atom. The summed E-state index contributed by atoms with van der Waals surface area (Å²) < 4.78 is 16.3. The molecule has 3 N–H and O–H groups in total. The van der Waals surface area contributed by atoms with Crippen LogP contribution in [0.2, 0.25) is 0 Å². The van der Waals surface area contributed by atoms with Crippen molar-refractivity contribution in [3.05, 3.63) is 64.0 Å². The quantitative estimate of drug-likeness (QED) is 0.537. The van der Waals surface area contributed by atoms with E-state index in [1.165, 1.54) is 19.4 Å². The van der Waals surface area contributed by atoms with Gasteiger partial charge < -0.3 is 29.6 Å². The Hall–Kier alpha value is -4.01. The number of phenols is 1. The summed E-state index contributed by atoms with van der Waals surface area (Å²) in [6.45, 7) is 1.55. The molecule has 4 rings (SSSR count). The molecule has 2 atom stereocenters. The van der Waals surface area contributed by atoms with E-state index in [0.717, 1.165) is 0 Å².